The van der Waals surface area contributed by atoms with Crippen molar-refractivity contribution in [1.82, 2.24) is 14.8 Å². The lowest BCUT2D eigenvalue weighted by Crippen LogP contribution is -2.16. The van der Waals surface area contributed by atoms with Crippen LogP contribution in [0.3, 0.4) is 0 Å². The third kappa shape index (κ3) is 3.67. The summed E-state index contributed by atoms with van der Waals surface area (Å²) in [4.78, 5) is 4.13. The second-order valence-corrected chi connectivity index (χ2v) is 6.21. The number of para-hydroxylation sites is 1. The van der Waals surface area contributed by atoms with Crippen molar-refractivity contribution in [3.8, 4) is 16.9 Å². The van der Waals surface area contributed by atoms with Crippen molar-refractivity contribution < 1.29 is 4.74 Å². The standard InChI is InChI=1S/C21H20N4O/c22-21-20(7-4-12-23-21)17-13-24-25(15-17)14-16-8-10-19(11-9-16)26-18-5-2-1-3-6-18/h1-10,12-13,15,19H,11,14H2,(H2,22,23). The first-order chi connectivity index (χ1) is 12.8. The predicted molar refractivity (Wildman–Crippen MR) is 103 cm³/mol. The van der Waals surface area contributed by atoms with Crippen molar-refractivity contribution >= 4 is 5.82 Å². The maximum absolute atomic E-state index is 5.95. The second kappa shape index (κ2) is 7.27. The number of nitrogens with two attached hydrogens (primary N) is 1. The fourth-order valence-electron chi connectivity index (χ4n) is 2.96. The summed E-state index contributed by atoms with van der Waals surface area (Å²) in [5.74, 6) is 1.41. The smallest absolute Gasteiger partial charge is 0.131 e. The third-order valence-corrected chi connectivity index (χ3v) is 4.30. The summed E-state index contributed by atoms with van der Waals surface area (Å²) >= 11 is 0. The van der Waals surface area contributed by atoms with E-state index in [1.807, 2.05) is 59.5 Å². The van der Waals surface area contributed by atoms with Crippen LogP contribution in [0.15, 0.2) is 84.9 Å². The molecule has 1 aromatic carbocycles. The summed E-state index contributed by atoms with van der Waals surface area (Å²) in [7, 11) is 0. The molecule has 3 aromatic rings. The van der Waals surface area contributed by atoms with Gasteiger partial charge in [0.25, 0.3) is 0 Å². The van der Waals surface area contributed by atoms with E-state index in [0.717, 1.165) is 23.3 Å². The van der Waals surface area contributed by atoms with Crippen LogP contribution in [-0.4, -0.2) is 20.9 Å². The molecule has 0 radical (unpaired) electrons. The number of anilines is 1. The molecule has 2 N–H and O–H groups in total. The van der Waals surface area contributed by atoms with Crippen LogP contribution in [0.5, 0.6) is 5.75 Å². The summed E-state index contributed by atoms with van der Waals surface area (Å²) in [6, 6.07) is 13.7. The van der Waals surface area contributed by atoms with Crippen molar-refractivity contribution in [2.24, 2.45) is 0 Å². The molecule has 1 atom stereocenters. The van der Waals surface area contributed by atoms with Gasteiger partial charge in [-0.2, -0.15) is 5.10 Å². The lowest BCUT2D eigenvalue weighted by molar-refractivity contribution is 0.251. The monoisotopic (exact) mass is 344 g/mol. The molecule has 0 aliphatic heterocycles. The van der Waals surface area contributed by atoms with Crippen LogP contribution < -0.4 is 10.5 Å². The highest BCUT2D eigenvalue weighted by Gasteiger charge is 2.12. The van der Waals surface area contributed by atoms with E-state index < -0.39 is 0 Å². The number of rotatable bonds is 5. The summed E-state index contributed by atoms with van der Waals surface area (Å²) in [5.41, 5.74) is 9.03. The van der Waals surface area contributed by atoms with Crippen molar-refractivity contribution in [2.45, 2.75) is 19.1 Å². The molecule has 1 unspecified atom stereocenters. The zero-order valence-corrected chi connectivity index (χ0v) is 14.3. The SMILES string of the molecule is Nc1ncccc1-c1cnn(CC2=CCC(Oc3ccccc3)C=C2)c1. The maximum Gasteiger partial charge on any atom is 0.131 e. The summed E-state index contributed by atoms with van der Waals surface area (Å²) in [6.45, 7) is 0.717. The molecular formula is C21H20N4O. The van der Waals surface area contributed by atoms with Gasteiger partial charge < -0.3 is 10.5 Å². The number of hydrogen-bond acceptors (Lipinski definition) is 4. The quantitative estimate of drug-likeness (QED) is 0.763. The summed E-state index contributed by atoms with van der Waals surface area (Å²) in [6.07, 6.45) is 12.8. The van der Waals surface area contributed by atoms with E-state index >= 15 is 0 Å². The number of hydrogen-bond donors (Lipinski definition) is 1. The highest BCUT2D eigenvalue weighted by atomic mass is 16.5. The Morgan fingerprint density at radius 2 is 2.04 bits per heavy atom. The van der Waals surface area contributed by atoms with E-state index in [1.165, 1.54) is 5.57 Å². The lowest BCUT2D eigenvalue weighted by atomic mass is 10.0. The Balaban J connectivity index is 1.39. The maximum atomic E-state index is 5.95. The van der Waals surface area contributed by atoms with Gasteiger partial charge in [-0.05, 0) is 35.9 Å². The Morgan fingerprint density at radius 3 is 2.81 bits per heavy atom. The van der Waals surface area contributed by atoms with Gasteiger partial charge in [0.05, 0.1) is 12.7 Å². The van der Waals surface area contributed by atoms with Crippen molar-refractivity contribution in [2.75, 3.05) is 5.73 Å². The molecule has 2 aromatic heterocycles. The Kier molecular flexibility index (Phi) is 4.51. The van der Waals surface area contributed by atoms with Gasteiger partial charge in [-0.25, -0.2) is 4.98 Å². The van der Waals surface area contributed by atoms with E-state index in [9.17, 15) is 0 Å². The molecule has 2 heterocycles. The Hall–Kier alpha value is -3.34. The van der Waals surface area contributed by atoms with Crippen LogP contribution >= 0.6 is 0 Å². The number of pyridine rings is 1. The number of nitrogens with zero attached hydrogens (tertiary/aromatic N) is 3. The minimum absolute atomic E-state index is 0.0736. The van der Waals surface area contributed by atoms with E-state index in [0.29, 0.717) is 12.4 Å². The van der Waals surface area contributed by atoms with Gasteiger partial charge in [-0.1, -0.05) is 30.4 Å². The van der Waals surface area contributed by atoms with Crippen LogP contribution in [0.4, 0.5) is 5.82 Å². The summed E-state index contributed by atoms with van der Waals surface area (Å²) in [5, 5.41) is 4.44. The zero-order chi connectivity index (χ0) is 17.8. The van der Waals surface area contributed by atoms with Crippen LogP contribution in [-0.2, 0) is 6.54 Å². The van der Waals surface area contributed by atoms with E-state index in [4.69, 9.17) is 10.5 Å². The average Bonchev–Trinajstić information content (AvgIpc) is 3.13. The van der Waals surface area contributed by atoms with Gasteiger partial charge >= 0.3 is 0 Å². The molecule has 5 nitrogen and oxygen atoms in total. The Bertz CT molecular complexity index is 943. The highest BCUT2D eigenvalue weighted by Crippen LogP contribution is 2.24. The van der Waals surface area contributed by atoms with Crippen molar-refractivity contribution in [3.05, 3.63) is 84.9 Å². The average molecular weight is 344 g/mol. The van der Waals surface area contributed by atoms with Gasteiger partial charge in [0.1, 0.15) is 17.7 Å². The van der Waals surface area contributed by atoms with Crippen molar-refractivity contribution in [1.29, 1.82) is 0 Å². The van der Waals surface area contributed by atoms with E-state index in [-0.39, 0.29) is 6.10 Å². The zero-order valence-electron chi connectivity index (χ0n) is 14.3. The van der Waals surface area contributed by atoms with Gasteiger partial charge in [0, 0.05) is 29.9 Å². The van der Waals surface area contributed by atoms with Crippen LogP contribution in [0.1, 0.15) is 6.42 Å². The Labute approximate surface area is 152 Å². The van der Waals surface area contributed by atoms with Gasteiger partial charge in [0.2, 0.25) is 0 Å². The molecule has 0 fully saturated rings. The fourth-order valence-corrected chi connectivity index (χ4v) is 2.96. The normalized spacial score (nSPS) is 16.3. The second-order valence-electron chi connectivity index (χ2n) is 6.21. The minimum atomic E-state index is 0.0736. The first-order valence-electron chi connectivity index (χ1n) is 8.60. The minimum Gasteiger partial charge on any atom is -0.486 e. The fraction of sp³-hybridized carbons (Fsp3) is 0.143. The molecule has 5 heteroatoms. The molecule has 0 saturated heterocycles. The number of aromatic nitrogens is 3. The number of ether oxygens (including phenoxy) is 1. The molecule has 1 aliphatic rings. The number of allylic oxidation sites excluding steroid dienone is 2. The van der Waals surface area contributed by atoms with E-state index in [1.54, 1.807) is 6.20 Å². The summed E-state index contributed by atoms with van der Waals surface area (Å²) < 4.78 is 7.87. The molecule has 0 spiro atoms. The molecule has 130 valence electrons. The van der Waals surface area contributed by atoms with Crippen LogP contribution in [0, 0.1) is 0 Å². The lowest BCUT2D eigenvalue weighted by Gasteiger charge is -2.18. The van der Waals surface area contributed by atoms with Crippen LogP contribution in [0.25, 0.3) is 11.1 Å². The highest BCUT2D eigenvalue weighted by molar-refractivity contribution is 5.72. The molecule has 1 aliphatic carbocycles. The first kappa shape index (κ1) is 16.1. The predicted octanol–water partition coefficient (Wildman–Crippen LogP) is 3.86. The third-order valence-electron chi connectivity index (χ3n) is 4.30. The van der Waals surface area contributed by atoms with Gasteiger partial charge in [0.15, 0.2) is 0 Å². The molecule has 0 bridgehead atoms. The van der Waals surface area contributed by atoms with Gasteiger partial charge in [-0.15, -0.1) is 0 Å². The topological polar surface area (TPSA) is 66.0 Å². The van der Waals surface area contributed by atoms with E-state index in [2.05, 4.69) is 28.3 Å². The molecule has 4 rings (SSSR count). The molecule has 0 saturated carbocycles. The number of benzene rings is 1. The van der Waals surface area contributed by atoms with Gasteiger partial charge in [-0.3, -0.25) is 4.68 Å². The number of nitrogen functional groups attached to an aromatic ring is 1. The molecule has 26 heavy (non-hydrogen) atoms. The first-order valence-corrected chi connectivity index (χ1v) is 8.60. The van der Waals surface area contributed by atoms with Crippen LogP contribution in [0.2, 0.25) is 0 Å². The Morgan fingerprint density at radius 1 is 1.15 bits per heavy atom. The molecule has 0 amide bonds. The molecular weight excluding hydrogens is 324 g/mol. The van der Waals surface area contributed by atoms with Crippen molar-refractivity contribution in [3.63, 3.8) is 0 Å². The largest absolute Gasteiger partial charge is 0.486 e.